The minimum atomic E-state index is -0.453. The number of rotatable bonds is 10. The average Bonchev–Trinajstić information content (AvgIpc) is 3.46. The molecule has 0 radical (unpaired) electrons. The Labute approximate surface area is 212 Å². The van der Waals surface area contributed by atoms with Crippen LogP contribution >= 0.6 is 11.3 Å². The van der Waals surface area contributed by atoms with Crippen molar-refractivity contribution < 1.29 is 23.6 Å². The highest BCUT2D eigenvalue weighted by atomic mass is 32.1. The van der Waals surface area contributed by atoms with Crippen molar-refractivity contribution >= 4 is 24.2 Å². The molecular formula is C27H36BNO5S. The lowest BCUT2D eigenvalue weighted by Crippen LogP contribution is -2.63. The Hall–Kier alpha value is -1.58. The average molecular weight is 497 g/mol. The predicted molar refractivity (Wildman–Crippen MR) is 136 cm³/mol. The van der Waals surface area contributed by atoms with Gasteiger partial charge in [0, 0.05) is 55.2 Å². The standard InChI is InChI=1S/C27H36BNO5S/c1-26(2)18-12-23(26)24-27(3,16-18)34-28(33-24)19(14-21(30)15-22-7-6-10-35-22)13-20-11-17(8-9-29-20)25(31-4)32-5/h6-11,18-19,23-25H,12-16H2,1-5H3/t18-,19+,23+,24?,27+/m1/s1. The largest absolute Gasteiger partial charge is 0.461 e. The van der Waals surface area contributed by atoms with Gasteiger partial charge in [-0.15, -0.1) is 11.3 Å². The number of aromatic nitrogens is 1. The summed E-state index contributed by atoms with van der Waals surface area (Å²) in [6.07, 6.45) is 5.06. The van der Waals surface area contributed by atoms with Gasteiger partial charge in [0.05, 0.1) is 11.7 Å². The van der Waals surface area contributed by atoms with Crippen molar-refractivity contribution in [3.63, 3.8) is 0 Å². The van der Waals surface area contributed by atoms with Crippen LogP contribution in [0.5, 0.6) is 0 Å². The number of pyridine rings is 1. The molecule has 0 spiro atoms. The Morgan fingerprint density at radius 3 is 2.77 bits per heavy atom. The number of carbonyl (C=O) groups excluding carboxylic acids is 1. The van der Waals surface area contributed by atoms with Crippen LogP contribution < -0.4 is 0 Å². The summed E-state index contributed by atoms with van der Waals surface area (Å²) < 4.78 is 24.2. The highest BCUT2D eigenvalue weighted by Gasteiger charge is 2.67. The second-order valence-corrected chi connectivity index (χ2v) is 12.3. The number of carbonyl (C=O) groups is 1. The molecule has 0 amide bonds. The summed E-state index contributed by atoms with van der Waals surface area (Å²) in [7, 11) is 2.82. The van der Waals surface area contributed by atoms with Gasteiger partial charge in [0.25, 0.3) is 0 Å². The number of hydrogen-bond donors (Lipinski definition) is 0. The number of methoxy groups -OCH3 is 2. The van der Waals surface area contributed by atoms with Crippen LogP contribution in [0.1, 0.15) is 62.5 Å². The third-order valence-corrected chi connectivity index (χ3v) is 9.55. The van der Waals surface area contributed by atoms with Gasteiger partial charge in [-0.2, -0.15) is 0 Å². The molecule has 2 aromatic heterocycles. The molecule has 188 valence electrons. The van der Waals surface area contributed by atoms with E-state index in [1.807, 2.05) is 29.6 Å². The highest BCUT2D eigenvalue weighted by molar-refractivity contribution is 7.10. The Kier molecular flexibility index (Phi) is 6.96. The number of hydrogen-bond acceptors (Lipinski definition) is 7. The van der Waals surface area contributed by atoms with E-state index < -0.39 is 13.4 Å². The molecule has 0 N–H and O–H groups in total. The fourth-order valence-electron chi connectivity index (χ4n) is 6.58. The van der Waals surface area contributed by atoms with Crippen molar-refractivity contribution in [3.05, 3.63) is 52.0 Å². The predicted octanol–water partition coefficient (Wildman–Crippen LogP) is 5.28. The van der Waals surface area contributed by atoms with Crippen molar-refractivity contribution in [2.24, 2.45) is 17.3 Å². The van der Waals surface area contributed by atoms with Crippen molar-refractivity contribution in [1.82, 2.24) is 4.98 Å². The Bertz CT molecular complexity index is 1040. The Balaban J connectivity index is 1.37. The van der Waals surface area contributed by atoms with Crippen LogP contribution in [0, 0.1) is 17.3 Å². The zero-order valence-corrected chi connectivity index (χ0v) is 22.2. The second kappa shape index (κ2) is 9.71. The molecule has 35 heavy (non-hydrogen) atoms. The van der Waals surface area contributed by atoms with E-state index >= 15 is 0 Å². The molecule has 8 heteroatoms. The van der Waals surface area contributed by atoms with Crippen molar-refractivity contribution in [1.29, 1.82) is 0 Å². The van der Waals surface area contributed by atoms with Gasteiger partial charge in [0.1, 0.15) is 5.78 Å². The summed E-state index contributed by atoms with van der Waals surface area (Å²) >= 11 is 1.62. The van der Waals surface area contributed by atoms with Crippen LogP contribution in [0.15, 0.2) is 35.8 Å². The van der Waals surface area contributed by atoms with Crippen LogP contribution in [-0.2, 0) is 36.4 Å². The molecule has 2 bridgehead atoms. The topological polar surface area (TPSA) is 66.9 Å². The summed E-state index contributed by atoms with van der Waals surface area (Å²) in [6.45, 7) is 6.93. The van der Waals surface area contributed by atoms with Crippen LogP contribution in [0.2, 0.25) is 5.82 Å². The fraction of sp³-hybridized carbons (Fsp3) is 0.630. The Morgan fingerprint density at radius 2 is 2.09 bits per heavy atom. The number of nitrogens with zero attached hydrogens (tertiary/aromatic N) is 1. The lowest BCUT2D eigenvalue weighted by molar-refractivity contribution is -0.185. The van der Waals surface area contributed by atoms with Crippen LogP contribution in [0.25, 0.3) is 0 Å². The quantitative estimate of drug-likeness (QED) is 0.329. The molecule has 6 rings (SSSR count). The molecule has 4 fully saturated rings. The van der Waals surface area contributed by atoms with Crippen molar-refractivity contribution in [3.8, 4) is 0 Å². The maximum Gasteiger partial charge on any atom is 0.461 e. The van der Waals surface area contributed by atoms with Gasteiger partial charge in [0.2, 0.25) is 0 Å². The number of Topliss-reactive ketones (excluding diaryl/α,β-unsaturated/α-hetero) is 1. The summed E-state index contributed by atoms with van der Waals surface area (Å²) in [5.74, 6) is 1.27. The van der Waals surface area contributed by atoms with Crippen molar-refractivity contribution in [2.75, 3.05) is 14.2 Å². The SMILES string of the molecule is COC(OC)c1ccnc(C[C@@H](CC(=O)Cc2cccs2)B2OC3[C@@H]4C[C@H](C[C@]3(C)O2)C4(C)C)c1. The summed E-state index contributed by atoms with van der Waals surface area (Å²) in [4.78, 5) is 18.8. The van der Waals surface area contributed by atoms with E-state index in [9.17, 15) is 4.79 Å². The van der Waals surface area contributed by atoms with E-state index in [-0.39, 0.29) is 28.7 Å². The molecule has 1 saturated heterocycles. The minimum absolute atomic E-state index is 0.0769. The third kappa shape index (κ3) is 4.76. The molecular weight excluding hydrogens is 461 g/mol. The molecule has 3 heterocycles. The highest BCUT2D eigenvalue weighted by Crippen LogP contribution is 2.65. The first-order valence-electron chi connectivity index (χ1n) is 12.6. The summed E-state index contributed by atoms with van der Waals surface area (Å²) in [5, 5.41) is 2.01. The second-order valence-electron chi connectivity index (χ2n) is 11.3. The minimum Gasteiger partial charge on any atom is -0.405 e. The van der Waals surface area contributed by atoms with Gasteiger partial charge in [0.15, 0.2) is 6.29 Å². The first-order valence-corrected chi connectivity index (χ1v) is 13.5. The summed E-state index contributed by atoms with van der Waals surface area (Å²) in [6, 6.07) is 7.90. The molecule has 3 saturated carbocycles. The molecule has 4 aliphatic rings. The number of ether oxygens (including phenoxy) is 2. The maximum atomic E-state index is 13.1. The van der Waals surface area contributed by atoms with Crippen LogP contribution in [-0.4, -0.2) is 43.8 Å². The molecule has 6 nitrogen and oxygen atoms in total. The first kappa shape index (κ1) is 25.1. The smallest absolute Gasteiger partial charge is 0.405 e. The van der Waals surface area contributed by atoms with Crippen molar-refractivity contribution in [2.45, 2.75) is 76.7 Å². The van der Waals surface area contributed by atoms with Gasteiger partial charge in [-0.05, 0) is 67.0 Å². The number of thiophene rings is 1. The third-order valence-electron chi connectivity index (χ3n) is 8.67. The van der Waals surface area contributed by atoms with E-state index in [4.69, 9.17) is 18.8 Å². The lowest BCUT2D eigenvalue weighted by Gasteiger charge is -2.63. The van der Waals surface area contributed by atoms with E-state index in [1.54, 1.807) is 31.8 Å². The van der Waals surface area contributed by atoms with Crippen LogP contribution in [0.4, 0.5) is 0 Å². The van der Waals surface area contributed by atoms with E-state index in [0.29, 0.717) is 31.1 Å². The molecule has 1 aliphatic heterocycles. The fourth-order valence-corrected chi connectivity index (χ4v) is 7.31. The van der Waals surface area contributed by atoms with E-state index in [1.165, 1.54) is 6.42 Å². The lowest BCUT2D eigenvalue weighted by atomic mass is 9.45. The van der Waals surface area contributed by atoms with E-state index in [2.05, 4.69) is 25.8 Å². The first-order chi connectivity index (χ1) is 16.7. The monoisotopic (exact) mass is 497 g/mol. The van der Waals surface area contributed by atoms with Gasteiger partial charge < -0.3 is 18.8 Å². The van der Waals surface area contributed by atoms with Gasteiger partial charge >= 0.3 is 7.12 Å². The maximum absolute atomic E-state index is 13.1. The molecule has 1 unspecified atom stereocenters. The summed E-state index contributed by atoms with van der Waals surface area (Å²) in [5.41, 5.74) is 1.79. The van der Waals surface area contributed by atoms with Gasteiger partial charge in [-0.25, -0.2) is 0 Å². The Morgan fingerprint density at radius 1 is 1.29 bits per heavy atom. The molecule has 2 aromatic rings. The van der Waals surface area contributed by atoms with Gasteiger partial charge in [-0.1, -0.05) is 19.9 Å². The zero-order chi connectivity index (χ0) is 24.8. The zero-order valence-electron chi connectivity index (χ0n) is 21.4. The van der Waals surface area contributed by atoms with Crippen LogP contribution in [0.3, 0.4) is 0 Å². The van der Waals surface area contributed by atoms with E-state index in [0.717, 1.165) is 22.6 Å². The molecule has 3 aliphatic carbocycles. The van der Waals surface area contributed by atoms with Gasteiger partial charge in [-0.3, -0.25) is 9.78 Å². The number of ketones is 1. The normalized spacial score (nSPS) is 29.7. The molecule has 5 atom stereocenters. The molecule has 0 aromatic carbocycles.